The molecule has 0 saturated carbocycles. The van der Waals surface area contributed by atoms with Gasteiger partial charge >= 0.3 is 11.9 Å². The molecular weight excluding hydrogens is 498 g/mol. The van der Waals surface area contributed by atoms with Crippen LogP contribution >= 0.6 is 0 Å². The van der Waals surface area contributed by atoms with Crippen LogP contribution in [0.5, 0.6) is 0 Å². The van der Waals surface area contributed by atoms with Crippen molar-refractivity contribution in [2.45, 2.75) is 30.6 Å². The fourth-order valence-corrected chi connectivity index (χ4v) is 5.56. The number of hydrogen-bond donors (Lipinski definition) is 5. The highest BCUT2D eigenvalue weighted by atomic mass is 32.2. The zero-order valence-electron chi connectivity index (χ0n) is 19.7. The van der Waals surface area contributed by atoms with Crippen molar-refractivity contribution in [3.63, 3.8) is 0 Å². The highest BCUT2D eigenvalue weighted by Gasteiger charge is 2.29. The van der Waals surface area contributed by atoms with Gasteiger partial charge in [0.05, 0.1) is 10.9 Å². The van der Waals surface area contributed by atoms with E-state index in [2.05, 4.69) is 4.72 Å². The summed E-state index contributed by atoms with van der Waals surface area (Å²) in [4.78, 5) is 22.3. The van der Waals surface area contributed by atoms with Gasteiger partial charge in [0, 0.05) is 41.2 Å². The van der Waals surface area contributed by atoms with Crippen molar-refractivity contribution in [2.75, 3.05) is 12.3 Å². The van der Waals surface area contributed by atoms with Crippen LogP contribution in [-0.2, 0) is 14.8 Å². The number of nitrogens with one attached hydrogen (secondary N) is 2. The largest absolute Gasteiger partial charge is 0.481 e. The van der Waals surface area contributed by atoms with E-state index in [-0.39, 0.29) is 40.1 Å². The zero-order valence-corrected chi connectivity index (χ0v) is 20.5. The molecule has 1 aliphatic heterocycles. The third-order valence-electron chi connectivity index (χ3n) is 5.92. The number of hydrogen-bond acceptors (Lipinski definition) is 7. The molecule has 0 unspecified atom stereocenters. The van der Waals surface area contributed by atoms with Crippen LogP contribution in [-0.4, -0.2) is 37.1 Å². The standard InChI is InChI=1S/C26H25N3O7S/c27-15-9-10-18-21(14-15)36-24-19(23(18)16-6-3-4-7-17(16)26(32)33)11-12-20(28)25(24)37(34,35)29-13-5-1-2-8-22(30)31/h3-4,6-7,9-12,14,28-29H,1-2,5,8,13,27H2,(H,30,31)(H,32,33). The first-order chi connectivity index (χ1) is 17.6. The summed E-state index contributed by atoms with van der Waals surface area (Å²) in [7, 11) is -4.22. The summed E-state index contributed by atoms with van der Waals surface area (Å²) in [5, 5.41) is 27.2. The molecule has 0 aromatic heterocycles. The third-order valence-corrected chi connectivity index (χ3v) is 7.45. The lowest BCUT2D eigenvalue weighted by Gasteiger charge is -2.19. The first-order valence-electron chi connectivity index (χ1n) is 11.5. The molecule has 1 heterocycles. The molecule has 0 spiro atoms. The molecule has 2 aromatic rings. The quantitative estimate of drug-likeness (QED) is 0.118. The Morgan fingerprint density at radius 1 is 0.973 bits per heavy atom. The average molecular weight is 524 g/mol. The van der Waals surface area contributed by atoms with Gasteiger partial charge in [0.25, 0.3) is 0 Å². The fraction of sp³-hybridized carbons (Fsp3) is 0.192. The Bertz CT molecular complexity index is 1640. The van der Waals surface area contributed by atoms with Crippen molar-refractivity contribution in [3.05, 3.63) is 65.5 Å². The number of benzene rings is 3. The average Bonchev–Trinajstić information content (AvgIpc) is 2.84. The normalized spacial score (nSPS) is 11.7. The van der Waals surface area contributed by atoms with E-state index in [1.165, 1.54) is 24.3 Å². The Labute approximate surface area is 212 Å². The topological polar surface area (TPSA) is 184 Å². The number of unbranched alkanes of at least 4 members (excludes halogenated alkanes) is 2. The molecule has 4 rings (SSSR count). The number of nitrogen functional groups attached to an aromatic ring is 1. The van der Waals surface area contributed by atoms with Crippen molar-refractivity contribution in [2.24, 2.45) is 0 Å². The van der Waals surface area contributed by atoms with Gasteiger partial charge < -0.3 is 20.4 Å². The molecule has 2 aromatic carbocycles. The highest BCUT2D eigenvalue weighted by Crippen LogP contribution is 2.43. The molecule has 1 aliphatic carbocycles. The van der Waals surface area contributed by atoms with Gasteiger partial charge in [0.1, 0.15) is 5.58 Å². The summed E-state index contributed by atoms with van der Waals surface area (Å²) in [6, 6.07) is 14.1. The number of aliphatic carboxylic acids is 1. The van der Waals surface area contributed by atoms with Crippen LogP contribution in [0.3, 0.4) is 0 Å². The molecular formula is C26H25N3O7S. The number of carbonyl (C=O) groups is 2. The van der Waals surface area contributed by atoms with Crippen molar-refractivity contribution in [1.29, 1.82) is 5.41 Å². The van der Waals surface area contributed by atoms with E-state index in [0.717, 1.165) is 0 Å². The lowest BCUT2D eigenvalue weighted by Crippen LogP contribution is -2.30. The smallest absolute Gasteiger partial charge is 0.336 e. The number of rotatable bonds is 10. The molecule has 10 nitrogen and oxygen atoms in total. The first-order valence-corrected chi connectivity index (χ1v) is 13.0. The summed E-state index contributed by atoms with van der Waals surface area (Å²) >= 11 is 0. The summed E-state index contributed by atoms with van der Waals surface area (Å²) in [5.41, 5.74) is 7.70. The molecule has 0 radical (unpaired) electrons. The highest BCUT2D eigenvalue weighted by molar-refractivity contribution is 7.89. The monoisotopic (exact) mass is 523 g/mol. The number of carboxylic acids is 2. The maximum atomic E-state index is 13.3. The fourth-order valence-electron chi connectivity index (χ4n) is 4.25. The SMILES string of the molecule is N=c1ccc2c(-c3ccccc3C(=O)O)c3ccc(N)cc3oc-2c1S(=O)(=O)NCCCCCC(=O)O. The van der Waals surface area contributed by atoms with Crippen LogP contribution in [0.2, 0.25) is 0 Å². The Morgan fingerprint density at radius 3 is 2.46 bits per heavy atom. The Kier molecular flexibility index (Phi) is 7.28. The lowest BCUT2D eigenvalue weighted by atomic mass is 9.90. The van der Waals surface area contributed by atoms with Gasteiger partial charge in [0.2, 0.25) is 10.0 Å². The molecule has 0 atom stereocenters. The summed E-state index contributed by atoms with van der Waals surface area (Å²) in [5.74, 6) is -2.16. The van der Waals surface area contributed by atoms with Crippen LogP contribution in [0.1, 0.15) is 36.0 Å². The molecule has 192 valence electrons. The van der Waals surface area contributed by atoms with Gasteiger partial charge in [0.15, 0.2) is 10.7 Å². The number of sulfonamides is 1. The number of carboxylic acid groups (broad SMARTS) is 2. The number of anilines is 1. The molecule has 37 heavy (non-hydrogen) atoms. The Balaban J connectivity index is 1.87. The zero-order chi connectivity index (χ0) is 26.7. The minimum absolute atomic E-state index is 0.00260. The van der Waals surface area contributed by atoms with Crippen LogP contribution < -0.4 is 15.8 Å². The Hall–Kier alpha value is -4.22. The van der Waals surface area contributed by atoms with Crippen molar-refractivity contribution < 1.29 is 32.6 Å². The molecule has 0 amide bonds. The van der Waals surface area contributed by atoms with Crippen molar-refractivity contribution in [3.8, 4) is 22.5 Å². The van der Waals surface area contributed by atoms with Crippen molar-refractivity contribution in [1.82, 2.24) is 4.72 Å². The summed E-state index contributed by atoms with van der Waals surface area (Å²) in [6.45, 7) is 0.0486. The lowest BCUT2D eigenvalue weighted by molar-refractivity contribution is -0.137. The molecule has 0 bridgehead atoms. The molecule has 0 fully saturated rings. The number of aromatic carboxylic acids is 1. The first kappa shape index (κ1) is 25.9. The molecule has 2 aliphatic rings. The maximum absolute atomic E-state index is 13.3. The predicted octanol–water partition coefficient (Wildman–Crippen LogP) is 3.89. The van der Waals surface area contributed by atoms with Gasteiger partial charge in [-0.15, -0.1) is 0 Å². The van der Waals surface area contributed by atoms with Gasteiger partial charge in [-0.2, -0.15) is 0 Å². The van der Waals surface area contributed by atoms with E-state index in [1.54, 1.807) is 30.3 Å². The van der Waals surface area contributed by atoms with Crippen LogP contribution in [0, 0.1) is 5.41 Å². The van der Waals surface area contributed by atoms with Crippen LogP contribution in [0.25, 0.3) is 33.4 Å². The molecule has 0 saturated heterocycles. The second-order valence-electron chi connectivity index (χ2n) is 8.50. The van der Waals surface area contributed by atoms with E-state index in [0.29, 0.717) is 47.0 Å². The van der Waals surface area contributed by atoms with Crippen LogP contribution in [0.15, 0.2) is 63.9 Å². The van der Waals surface area contributed by atoms with E-state index in [1.807, 2.05) is 0 Å². The second kappa shape index (κ2) is 10.4. The van der Waals surface area contributed by atoms with Crippen LogP contribution in [0.4, 0.5) is 5.69 Å². The second-order valence-corrected chi connectivity index (χ2v) is 10.2. The van der Waals surface area contributed by atoms with Gasteiger partial charge in [-0.1, -0.05) is 24.6 Å². The molecule has 6 N–H and O–H groups in total. The van der Waals surface area contributed by atoms with E-state index in [9.17, 15) is 23.1 Å². The van der Waals surface area contributed by atoms with Crippen molar-refractivity contribution >= 4 is 38.6 Å². The minimum Gasteiger partial charge on any atom is -0.481 e. The maximum Gasteiger partial charge on any atom is 0.336 e. The van der Waals surface area contributed by atoms with Gasteiger partial charge in [-0.05, 0) is 48.7 Å². The summed E-state index contributed by atoms with van der Waals surface area (Å²) < 4.78 is 35.2. The molecule has 11 heteroatoms. The third kappa shape index (κ3) is 5.32. The van der Waals surface area contributed by atoms with Gasteiger partial charge in [-0.3, -0.25) is 10.2 Å². The van der Waals surface area contributed by atoms with E-state index < -0.39 is 22.0 Å². The van der Waals surface area contributed by atoms with E-state index >= 15 is 0 Å². The number of fused-ring (bicyclic) bond motifs is 2. The predicted molar refractivity (Wildman–Crippen MR) is 137 cm³/mol. The van der Waals surface area contributed by atoms with E-state index in [4.69, 9.17) is 20.7 Å². The van der Waals surface area contributed by atoms with Gasteiger partial charge in [-0.25, -0.2) is 17.9 Å². The summed E-state index contributed by atoms with van der Waals surface area (Å²) in [6.07, 6.45) is 1.35. The Morgan fingerprint density at radius 2 is 1.73 bits per heavy atom. The number of nitrogens with two attached hydrogens (primary N) is 1. The minimum atomic E-state index is -4.22.